The second kappa shape index (κ2) is 9.74. The van der Waals surface area contributed by atoms with E-state index in [9.17, 15) is 0 Å². The molecule has 0 aliphatic heterocycles. The smallest absolute Gasteiger partial charge is 0.138 e. The predicted octanol–water partition coefficient (Wildman–Crippen LogP) is 6.42. The van der Waals surface area contributed by atoms with E-state index >= 15 is 0 Å². The second-order valence-electron chi connectivity index (χ2n) is 5.06. The number of aromatic nitrogens is 2. The van der Waals surface area contributed by atoms with E-state index in [1.54, 1.807) is 29.0 Å². The van der Waals surface area contributed by atoms with E-state index in [1.807, 2.05) is 20.9 Å². The maximum absolute atomic E-state index is 4.27. The predicted molar refractivity (Wildman–Crippen MR) is 103 cm³/mol. The van der Waals surface area contributed by atoms with Gasteiger partial charge in [0.15, 0.2) is 0 Å². The zero-order valence-electron chi connectivity index (χ0n) is 14.4. The number of hydrogen-bond donors (Lipinski definition) is 1. The Morgan fingerprint density at radius 1 is 1.23 bits per heavy atom. The molecule has 0 bridgehead atoms. The second-order valence-corrected chi connectivity index (χ2v) is 7.23. The number of nitrogens with zero attached hydrogens (tertiary/aromatic N) is 2. The maximum Gasteiger partial charge on any atom is 0.138 e. The molecule has 3 heterocycles. The van der Waals surface area contributed by atoms with E-state index in [4.69, 9.17) is 0 Å². The average Bonchev–Trinajstić information content (AvgIpc) is 3.09. The SMILES string of the molecule is CC.CCCC(C)C.CNc1ncnc2sc3sccc3c12. The number of thiophene rings is 2. The van der Waals surface area contributed by atoms with Gasteiger partial charge in [-0.25, -0.2) is 9.97 Å². The van der Waals surface area contributed by atoms with Crippen molar-refractivity contribution >= 4 is 48.1 Å². The van der Waals surface area contributed by atoms with Crippen LogP contribution in [-0.4, -0.2) is 17.0 Å². The van der Waals surface area contributed by atoms with Crippen molar-refractivity contribution in [1.82, 2.24) is 9.97 Å². The van der Waals surface area contributed by atoms with Crippen LogP contribution in [0.2, 0.25) is 0 Å². The van der Waals surface area contributed by atoms with Crippen LogP contribution in [0, 0.1) is 5.92 Å². The van der Waals surface area contributed by atoms with Gasteiger partial charge in [-0.1, -0.05) is 47.5 Å². The summed E-state index contributed by atoms with van der Waals surface area (Å²) in [6.07, 6.45) is 4.31. The van der Waals surface area contributed by atoms with E-state index in [0.29, 0.717) is 0 Å². The first-order valence-corrected chi connectivity index (χ1v) is 9.65. The Morgan fingerprint density at radius 2 is 1.95 bits per heavy atom. The van der Waals surface area contributed by atoms with Gasteiger partial charge in [0, 0.05) is 12.4 Å². The van der Waals surface area contributed by atoms with Crippen molar-refractivity contribution in [2.24, 2.45) is 5.92 Å². The summed E-state index contributed by atoms with van der Waals surface area (Å²) in [5.74, 6) is 1.81. The Bertz CT molecular complexity index is 671. The molecular formula is C17H27N3S2. The Morgan fingerprint density at radius 3 is 2.50 bits per heavy atom. The zero-order valence-corrected chi connectivity index (χ0v) is 16.1. The first-order chi connectivity index (χ1) is 10.7. The lowest BCUT2D eigenvalue weighted by Gasteiger charge is -1.98. The minimum Gasteiger partial charge on any atom is -0.372 e. The van der Waals surface area contributed by atoms with Crippen molar-refractivity contribution in [3.05, 3.63) is 17.8 Å². The largest absolute Gasteiger partial charge is 0.372 e. The Balaban J connectivity index is 0.000000260. The van der Waals surface area contributed by atoms with E-state index in [2.05, 4.69) is 47.5 Å². The molecule has 0 atom stereocenters. The van der Waals surface area contributed by atoms with Crippen LogP contribution in [0.5, 0.6) is 0 Å². The summed E-state index contributed by atoms with van der Waals surface area (Å²) in [6.45, 7) is 10.7. The molecule has 0 saturated carbocycles. The van der Waals surface area contributed by atoms with Gasteiger partial charge in [0.25, 0.3) is 0 Å². The maximum atomic E-state index is 4.27. The molecular weight excluding hydrogens is 310 g/mol. The highest BCUT2D eigenvalue weighted by Gasteiger charge is 2.10. The number of rotatable bonds is 3. The first kappa shape index (κ1) is 18.8. The van der Waals surface area contributed by atoms with Gasteiger partial charge in [-0.05, 0) is 17.4 Å². The topological polar surface area (TPSA) is 37.8 Å². The van der Waals surface area contributed by atoms with Crippen LogP contribution >= 0.6 is 22.7 Å². The summed E-state index contributed by atoms with van der Waals surface area (Å²) in [4.78, 5) is 9.55. The summed E-state index contributed by atoms with van der Waals surface area (Å²) in [5.41, 5.74) is 0. The number of hydrogen-bond acceptors (Lipinski definition) is 5. The fraction of sp³-hybridized carbons (Fsp3) is 0.529. The molecule has 3 nitrogen and oxygen atoms in total. The third-order valence-electron chi connectivity index (χ3n) is 3.00. The van der Waals surface area contributed by atoms with Crippen molar-refractivity contribution in [1.29, 1.82) is 0 Å². The summed E-state index contributed by atoms with van der Waals surface area (Å²) in [6, 6.07) is 2.13. The van der Waals surface area contributed by atoms with Crippen molar-refractivity contribution in [2.45, 2.75) is 47.5 Å². The lowest BCUT2D eigenvalue weighted by atomic mass is 10.1. The summed E-state index contributed by atoms with van der Waals surface area (Å²) in [5, 5.41) is 7.62. The molecule has 0 amide bonds. The lowest BCUT2D eigenvalue weighted by molar-refractivity contribution is 0.576. The monoisotopic (exact) mass is 337 g/mol. The van der Waals surface area contributed by atoms with Gasteiger partial charge in [-0.2, -0.15) is 0 Å². The van der Waals surface area contributed by atoms with Crippen molar-refractivity contribution < 1.29 is 0 Å². The van der Waals surface area contributed by atoms with E-state index < -0.39 is 0 Å². The van der Waals surface area contributed by atoms with Gasteiger partial charge in [-0.3, -0.25) is 0 Å². The van der Waals surface area contributed by atoms with Crippen LogP contribution in [0.1, 0.15) is 47.5 Å². The molecule has 0 saturated heterocycles. The van der Waals surface area contributed by atoms with Crippen molar-refractivity contribution in [3.8, 4) is 0 Å². The number of nitrogens with one attached hydrogen (secondary N) is 1. The average molecular weight is 338 g/mol. The van der Waals surface area contributed by atoms with Crippen LogP contribution in [0.15, 0.2) is 17.8 Å². The highest BCUT2D eigenvalue weighted by Crippen LogP contribution is 2.38. The van der Waals surface area contributed by atoms with E-state index in [1.165, 1.54) is 22.2 Å². The summed E-state index contributed by atoms with van der Waals surface area (Å²) in [7, 11) is 1.89. The molecule has 0 fully saturated rings. The molecule has 122 valence electrons. The van der Waals surface area contributed by atoms with Crippen molar-refractivity contribution in [3.63, 3.8) is 0 Å². The summed E-state index contributed by atoms with van der Waals surface area (Å²) < 4.78 is 1.32. The van der Waals surface area contributed by atoms with Crippen LogP contribution in [0.4, 0.5) is 5.82 Å². The summed E-state index contributed by atoms with van der Waals surface area (Å²) >= 11 is 3.48. The molecule has 0 aliphatic rings. The van der Waals surface area contributed by atoms with Gasteiger partial charge in [0.1, 0.15) is 17.0 Å². The lowest BCUT2D eigenvalue weighted by Crippen LogP contribution is -1.92. The number of anilines is 1. The van der Waals surface area contributed by atoms with Crippen LogP contribution in [-0.2, 0) is 0 Å². The van der Waals surface area contributed by atoms with E-state index in [0.717, 1.165) is 22.0 Å². The van der Waals surface area contributed by atoms with Crippen LogP contribution in [0.25, 0.3) is 19.6 Å². The van der Waals surface area contributed by atoms with Crippen molar-refractivity contribution in [2.75, 3.05) is 12.4 Å². The highest BCUT2D eigenvalue weighted by molar-refractivity contribution is 7.40. The Hall–Kier alpha value is -1.20. The zero-order chi connectivity index (χ0) is 16.5. The van der Waals surface area contributed by atoms with Gasteiger partial charge in [0.2, 0.25) is 0 Å². The minimum atomic E-state index is 0.898. The third-order valence-corrected chi connectivity index (χ3v) is 5.16. The Kier molecular flexibility index (Phi) is 8.35. The molecule has 3 aromatic heterocycles. The van der Waals surface area contributed by atoms with Crippen LogP contribution < -0.4 is 5.32 Å². The molecule has 0 unspecified atom stereocenters. The molecule has 0 aromatic carbocycles. The van der Waals surface area contributed by atoms with E-state index in [-0.39, 0.29) is 0 Å². The molecule has 22 heavy (non-hydrogen) atoms. The highest BCUT2D eigenvalue weighted by atomic mass is 32.2. The quantitative estimate of drug-likeness (QED) is 0.599. The van der Waals surface area contributed by atoms with Crippen LogP contribution in [0.3, 0.4) is 0 Å². The van der Waals surface area contributed by atoms with Gasteiger partial charge >= 0.3 is 0 Å². The minimum absolute atomic E-state index is 0.898. The first-order valence-electron chi connectivity index (χ1n) is 7.95. The Labute approximate surface area is 141 Å². The molecule has 0 aliphatic carbocycles. The van der Waals surface area contributed by atoms with Gasteiger partial charge < -0.3 is 5.32 Å². The number of fused-ring (bicyclic) bond motifs is 3. The standard InChI is InChI=1S/C9H7N3S2.C6H14.C2H6/c1-10-7-6-5-2-3-13-9(5)14-8(6)12-4-11-7;1-4-5-6(2)3;1-2/h2-4H,1H3,(H,10,11,12);6H,4-5H2,1-3H3;1-2H3. The van der Waals surface area contributed by atoms with Gasteiger partial charge in [0.05, 0.1) is 9.40 Å². The fourth-order valence-corrected chi connectivity index (χ4v) is 4.19. The molecule has 0 spiro atoms. The fourth-order valence-electron chi connectivity index (χ4n) is 2.10. The molecule has 3 rings (SSSR count). The molecule has 3 aromatic rings. The molecule has 0 radical (unpaired) electrons. The molecule has 5 heteroatoms. The molecule has 1 N–H and O–H groups in total. The normalized spacial score (nSPS) is 10.1. The van der Waals surface area contributed by atoms with Gasteiger partial charge in [-0.15, -0.1) is 22.7 Å². The third kappa shape index (κ3) is 4.65.